The molecule has 1 amide bonds. The molecule has 0 aliphatic rings. The van der Waals surface area contributed by atoms with Crippen molar-refractivity contribution in [2.75, 3.05) is 5.32 Å². The smallest absolute Gasteiger partial charge is 0.339 e. The lowest BCUT2D eigenvalue weighted by atomic mass is 10.1. The van der Waals surface area contributed by atoms with Gasteiger partial charge in [0.2, 0.25) is 0 Å². The van der Waals surface area contributed by atoms with Crippen molar-refractivity contribution >= 4 is 40.5 Å². The molecule has 0 atom stereocenters. The van der Waals surface area contributed by atoms with Crippen LogP contribution in [0.5, 0.6) is 0 Å². The van der Waals surface area contributed by atoms with Crippen molar-refractivity contribution in [3.05, 3.63) is 50.7 Å². The van der Waals surface area contributed by atoms with Gasteiger partial charge >= 0.3 is 5.97 Å². The Kier molecular flexibility index (Phi) is 3.87. The van der Waals surface area contributed by atoms with Crippen molar-refractivity contribution in [1.29, 1.82) is 0 Å². The van der Waals surface area contributed by atoms with Crippen LogP contribution in [0.1, 0.15) is 26.3 Å². The quantitative estimate of drug-likeness (QED) is 0.908. The molecule has 0 aliphatic carbocycles. The summed E-state index contributed by atoms with van der Waals surface area (Å²) in [6.45, 7) is 1.82. The van der Waals surface area contributed by atoms with Crippen molar-refractivity contribution in [3.8, 4) is 0 Å². The molecule has 0 spiro atoms. The average molecular weight is 296 g/mol. The van der Waals surface area contributed by atoms with Gasteiger partial charge in [-0.05, 0) is 30.0 Å². The molecule has 0 unspecified atom stereocenters. The largest absolute Gasteiger partial charge is 0.478 e. The number of carbonyl (C=O) groups is 2. The molecule has 2 aromatic rings. The highest BCUT2D eigenvalue weighted by molar-refractivity contribution is 7.08. The van der Waals surface area contributed by atoms with Gasteiger partial charge in [-0.25, -0.2) is 4.79 Å². The molecule has 0 fully saturated rings. The summed E-state index contributed by atoms with van der Waals surface area (Å²) in [7, 11) is 0. The molecule has 4 nitrogen and oxygen atoms in total. The summed E-state index contributed by atoms with van der Waals surface area (Å²) in [6.07, 6.45) is 0. The van der Waals surface area contributed by atoms with Crippen LogP contribution in [0.3, 0.4) is 0 Å². The first-order valence-corrected chi connectivity index (χ1v) is 6.68. The zero-order chi connectivity index (χ0) is 14.0. The van der Waals surface area contributed by atoms with E-state index in [-0.39, 0.29) is 22.2 Å². The number of carbonyl (C=O) groups excluding carboxylic acids is 1. The number of hydrogen-bond acceptors (Lipinski definition) is 3. The molecule has 1 aromatic carbocycles. The molecular formula is C13H10ClNO3S. The van der Waals surface area contributed by atoms with Crippen LogP contribution >= 0.6 is 22.9 Å². The maximum atomic E-state index is 12.0. The van der Waals surface area contributed by atoms with Gasteiger partial charge in [0.05, 0.1) is 16.3 Å². The highest BCUT2D eigenvalue weighted by atomic mass is 35.5. The summed E-state index contributed by atoms with van der Waals surface area (Å²) >= 11 is 7.25. The van der Waals surface area contributed by atoms with Gasteiger partial charge in [-0.1, -0.05) is 17.7 Å². The van der Waals surface area contributed by atoms with E-state index in [1.807, 2.05) is 12.3 Å². The van der Waals surface area contributed by atoms with Crippen LogP contribution in [0, 0.1) is 6.92 Å². The fourth-order valence-corrected chi connectivity index (χ4v) is 2.71. The number of carboxylic acid groups (broad SMARTS) is 1. The van der Waals surface area contributed by atoms with Gasteiger partial charge in [-0.2, -0.15) is 11.3 Å². The minimum Gasteiger partial charge on any atom is -0.478 e. The summed E-state index contributed by atoms with van der Waals surface area (Å²) in [6, 6.07) is 4.57. The minimum absolute atomic E-state index is 0.0901. The minimum atomic E-state index is -1.18. The Morgan fingerprint density at radius 1 is 1.32 bits per heavy atom. The van der Waals surface area contributed by atoms with Crippen LogP contribution in [0.15, 0.2) is 29.0 Å². The molecule has 19 heavy (non-hydrogen) atoms. The number of anilines is 1. The number of rotatable bonds is 3. The van der Waals surface area contributed by atoms with Crippen LogP contribution in [0.2, 0.25) is 5.02 Å². The zero-order valence-electron chi connectivity index (χ0n) is 9.94. The zero-order valence-corrected chi connectivity index (χ0v) is 11.5. The molecule has 0 aliphatic heterocycles. The number of aromatic carboxylic acids is 1. The van der Waals surface area contributed by atoms with Gasteiger partial charge in [-0.15, -0.1) is 0 Å². The van der Waals surface area contributed by atoms with Crippen molar-refractivity contribution in [1.82, 2.24) is 0 Å². The number of nitrogens with one attached hydrogen (secondary N) is 1. The first kappa shape index (κ1) is 13.6. The predicted octanol–water partition coefficient (Wildman–Crippen LogP) is 3.66. The molecule has 0 radical (unpaired) electrons. The molecule has 2 rings (SSSR count). The number of halogens is 1. The van der Waals surface area contributed by atoms with E-state index in [0.717, 1.165) is 5.56 Å². The molecule has 1 aromatic heterocycles. The van der Waals surface area contributed by atoms with Crippen LogP contribution in [0.25, 0.3) is 0 Å². The number of amides is 1. The number of thiophene rings is 1. The number of aryl methyl sites for hydroxylation is 1. The monoisotopic (exact) mass is 295 g/mol. The first-order valence-electron chi connectivity index (χ1n) is 5.36. The SMILES string of the molecule is Cc1cscc1C(=O)Nc1cccc(Cl)c1C(=O)O. The molecule has 1 heterocycles. The molecule has 0 saturated heterocycles. The second-order valence-corrected chi connectivity index (χ2v) is 5.04. The highest BCUT2D eigenvalue weighted by Gasteiger charge is 2.17. The van der Waals surface area contributed by atoms with E-state index in [1.54, 1.807) is 11.4 Å². The van der Waals surface area contributed by atoms with Gasteiger partial charge in [0.15, 0.2) is 0 Å². The molecule has 0 saturated carbocycles. The van der Waals surface area contributed by atoms with Crippen molar-refractivity contribution in [3.63, 3.8) is 0 Å². The Balaban J connectivity index is 2.35. The predicted molar refractivity (Wildman–Crippen MR) is 75.4 cm³/mol. The van der Waals surface area contributed by atoms with E-state index < -0.39 is 5.97 Å². The topological polar surface area (TPSA) is 66.4 Å². The lowest BCUT2D eigenvalue weighted by Gasteiger charge is -2.09. The van der Waals surface area contributed by atoms with E-state index in [4.69, 9.17) is 16.7 Å². The van der Waals surface area contributed by atoms with Crippen LogP contribution in [0.4, 0.5) is 5.69 Å². The second kappa shape index (κ2) is 5.42. The van der Waals surface area contributed by atoms with Gasteiger partial charge in [0.25, 0.3) is 5.91 Å². The second-order valence-electron chi connectivity index (χ2n) is 3.89. The third-order valence-corrected chi connectivity index (χ3v) is 3.75. The molecule has 6 heteroatoms. The third kappa shape index (κ3) is 2.77. The van der Waals surface area contributed by atoms with Crippen molar-refractivity contribution in [2.24, 2.45) is 0 Å². The Hall–Kier alpha value is -1.85. The van der Waals surface area contributed by atoms with E-state index in [9.17, 15) is 9.59 Å². The Morgan fingerprint density at radius 2 is 2.05 bits per heavy atom. The fourth-order valence-electron chi connectivity index (χ4n) is 1.63. The molecule has 2 N–H and O–H groups in total. The van der Waals surface area contributed by atoms with Gasteiger partial charge in [0.1, 0.15) is 5.56 Å². The third-order valence-electron chi connectivity index (χ3n) is 2.58. The van der Waals surface area contributed by atoms with Crippen molar-refractivity contribution in [2.45, 2.75) is 6.92 Å². The maximum absolute atomic E-state index is 12.0. The Morgan fingerprint density at radius 3 is 2.63 bits per heavy atom. The van der Waals surface area contributed by atoms with Gasteiger partial charge < -0.3 is 10.4 Å². The van der Waals surface area contributed by atoms with E-state index >= 15 is 0 Å². The summed E-state index contributed by atoms with van der Waals surface area (Å²) in [5, 5.41) is 15.3. The summed E-state index contributed by atoms with van der Waals surface area (Å²) < 4.78 is 0. The molecule has 98 valence electrons. The van der Waals surface area contributed by atoms with E-state index in [1.165, 1.54) is 23.5 Å². The Labute approximate surface area is 118 Å². The summed E-state index contributed by atoms with van der Waals surface area (Å²) in [5.74, 6) is -1.52. The normalized spacial score (nSPS) is 10.2. The Bertz CT molecular complexity index is 651. The molecular weight excluding hydrogens is 286 g/mol. The maximum Gasteiger partial charge on any atom is 0.339 e. The lowest BCUT2D eigenvalue weighted by molar-refractivity contribution is 0.0698. The molecule has 0 bridgehead atoms. The lowest BCUT2D eigenvalue weighted by Crippen LogP contribution is -2.15. The van der Waals surface area contributed by atoms with Crippen LogP contribution < -0.4 is 5.32 Å². The van der Waals surface area contributed by atoms with Crippen LogP contribution in [-0.2, 0) is 0 Å². The van der Waals surface area contributed by atoms with E-state index in [0.29, 0.717) is 5.56 Å². The van der Waals surface area contributed by atoms with Crippen LogP contribution in [-0.4, -0.2) is 17.0 Å². The number of carboxylic acids is 1. The average Bonchev–Trinajstić information content (AvgIpc) is 2.75. The summed E-state index contributed by atoms with van der Waals surface area (Å²) in [5.41, 5.74) is 1.46. The summed E-state index contributed by atoms with van der Waals surface area (Å²) in [4.78, 5) is 23.2. The standard InChI is InChI=1S/C13H10ClNO3S/c1-7-5-19-6-8(7)12(16)15-10-4-2-3-9(14)11(10)13(17)18/h2-6H,1H3,(H,15,16)(H,17,18). The highest BCUT2D eigenvalue weighted by Crippen LogP contribution is 2.25. The van der Waals surface area contributed by atoms with E-state index in [2.05, 4.69) is 5.32 Å². The number of hydrogen-bond donors (Lipinski definition) is 2. The first-order chi connectivity index (χ1) is 9.00. The van der Waals surface area contributed by atoms with Gasteiger partial charge in [0, 0.05) is 5.38 Å². The number of benzene rings is 1. The van der Waals surface area contributed by atoms with Gasteiger partial charge in [-0.3, -0.25) is 4.79 Å². The fraction of sp³-hybridized carbons (Fsp3) is 0.0769. The van der Waals surface area contributed by atoms with Crippen molar-refractivity contribution < 1.29 is 14.7 Å².